The molecule has 0 saturated carbocycles. The fraction of sp³-hybridized carbons (Fsp3) is 0. The average molecular weight is 583 g/mol. The molecule has 0 bridgehead atoms. The van der Waals surface area contributed by atoms with E-state index in [1.54, 1.807) is 0 Å². The van der Waals surface area contributed by atoms with E-state index >= 15 is 0 Å². The SMILES string of the molecule is c1ccc2c(c1)oc1ccc(N(c3ccc4oc5ccccc5c4c3)c3ccc4sc5ccc6ccncc6c5c4c3)cc12. The number of rotatable bonds is 3. The van der Waals surface area contributed by atoms with E-state index < -0.39 is 0 Å². The van der Waals surface area contributed by atoms with E-state index in [-0.39, 0.29) is 0 Å². The third-order valence-corrected chi connectivity index (χ3v) is 9.87. The molecule has 6 aromatic carbocycles. The third kappa shape index (κ3) is 3.41. The highest BCUT2D eigenvalue weighted by Crippen LogP contribution is 2.44. The third-order valence-electron chi connectivity index (χ3n) is 8.73. The van der Waals surface area contributed by atoms with Gasteiger partial charge in [0, 0.05) is 76.6 Å². The number of para-hydroxylation sites is 2. The number of hydrogen-bond donors (Lipinski definition) is 0. The summed E-state index contributed by atoms with van der Waals surface area (Å²) in [6, 6.07) is 42.7. The molecule has 10 aromatic rings. The number of anilines is 3. The molecule has 0 aliphatic rings. The summed E-state index contributed by atoms with van der Waals surface area (Å²) in [5.74, 6) is 0. The Bertz CT molecular complexity index is 2640. The average Bonchev–Trinajstić information content (AvgIpc) is 3.76. The number of thiophene rings is 1. The Morgan fingerprint density at radius 3 is 1.73 bits per heavy atom. The Hall–Kier alpha value is -5.65. The van der Waals surface area contributed by atoms with Crippen LogP contribution in [0.15, 0.2) is 143 Å². The molecule has 4 heterocycles. The van der Waals surface area contributed by atoms with Crippen molar-refractivity contribution in [1.82, 2.24) is 4.98 Å². The molecule has 0 saturated heterocycles. The largest absolute Gasteiger partial charge is 0.456 e. The van der Waals surface area contributed by atoms with Gasteiger partial charge in [-0.1, -0.05) is 42.5 Å². The predicted molar refractivity (Wildman–Crippen MR) is 184 cm³/mol. The van der Waals surface area contributed by atoms with Crippen molar-refractivity contribution >= 4 is 103 Å². The molecule has 44 heavy (non-hydrogen) atoms. The van der Waals surface area contributed by atoms with E-state index in [9.17, 15) is 0 Å². The van der Waals surface area contributed by atoms with Crippen LogP contribution in [0.1, 0.15) is 0 Å². The molecule has 0 unspecified atom stereocenters. The van der Waals surface area contributed by atoms with E-state index in [0.29, 0.717) is 0 Å². The lowest BCUT2D eigenvalue weighted by atomic mass is 10.0. The van der Waals surface area contributed by atoms with Crippen LogP contribution in [-0.2, 0) is 0 Å². The number of nitrogens with zero attached hydrogens (tertiary/aromatic N) is 2. The standard InChI is InChI=1S/C39H22N2O2S/c1-3-7-33-27(5-1)29-19-24(10-13-35(29)42-33)41(25-11-14-36-30(20-25)28-6-2-4-8-34(28)43-36)26-12-16-37-31(21-26)39-32-22-40-18-17-23(32)9-15-38(39)44-37/h1-22H. The van der Waals surface area contributed by atoms with E-state index in [4.69, 9.17) is 8.83 Å². The van der Waals surface area contributed by atoms with Gasteiger partial charge in [-0.3, -0.25) is 4.98 Å². The highest BCUT2D eigenvalue weighted by Gasteiger charge is 2.19. The lowest BCUT2D eigenvalue weighted by Gasteiger charge is -2.26. The van der Waals surface area contributed by atoms with Crippen molar-refractivity contribution < 1.29 is 8.83 Å². The van der Waals surface area contributed by atoms with Crippen LogP contribution in [0.4, 0.5) is 17.1 Å². The highest BCUT2D eigenvalue weighted by molar-refractivity contribution is 7.26. The van der Waals surface area contributed by atoms with Crippen LogP contribution in [0.25, 0.3) is 74.8 Å². The second-order valence-electron chi connectivity index (χ2n) is 11.2. The minimum absolute atomic E-state index is 0.879. The predicted octanol–water partition coefficient (Wildman–Crippen LogP) is 11.9. The van der Waals surface area contributed by atoms with Crippen molar-refractivity contribution in [3.63, 3.8) is 0 Å². The molecule has 10 rings (SSSR count). The first kappa shape index (κ1) is 23.9. The molecule has 0 atom stereocenters. The fourth-order valence-electron chi connectivity index (χ4n) is 6.72. The molecule has 5 heteroatoms. The molecule has 0 aliphatic heterocycles. The highest BCUT2D eigenvalue weighted by atomic mass is 32.1. The Morgan fingerprint density at radius 1 is 0.477 bits per heavy atom. The monoisotopic (exact) mass is 582 g/mol. The summed E-state index contributed by atoms with van der Waals surface area (Å²) in [6.07, 6.45) is 3.85. The van der Waals surface area contributed by atoms with Gasteiger partial charge in [0.2, 0.25) is 0 Å². The van der Waals surface area contributed by atoms with Crippen molar-refractivity contribution in [2.45, 2.75) is 0 Å². The van der Waals surface area contributed by atoms with Crippen LogP contribution in [-0.4, -0.2) is 4.98 Å². The van der Waals surface area contributed by atoms with Gasteiger partial charge in [0.25, 0.3) is 0 Å². The molecular weight excluding hydrogens is 561 g/mol. The Balaban J connectivity index is 1.26. The van der Waals surface area contributed by atoms with Crippen molar-refractivity contribution in [3.05, 3.63) is 134 Å². The van der Waals surface area contributed by atoms with E-state index in [0.717, 1.165) is 60.9 Å². The zero-order valence-corrected chi connectivity index (χ0v) is 24.1. The molecule has 0 fully saturated rings. The Morgan fingerprint density at radius 2 is 1.05 bits per heavy atom. The van der Waals surface area contributed by atoms with E-state index in [1.807, 2.05) is 48.0 Å². The maximum Gasteiger partial charge on any atom is 0.135 e. The molecule has 206 valence electrons. The summed E-state index contributed by atoms with van der Waals surface area (Å²) < 4.78 is 14.9. The molecule has 0 aliphatic carbocycles. The molecular formula is C39H22N2O2S. The molecule has 0 spiro atoms. The van der Waals surface area contributed by atoms with Crippen LogP contribution < -0.4 is 4.90 Å². The molecule has 0 radical (unpaired) electrons. The van der Waals surface area contributed by atoms with Crippen LogP contribution in [0.5, 0.6) is 0 Å². The summed E-state index contributed by atoms with van der Waals surface area (Å²) in [5, 5.41) is 9.27. The zero-order valence-electron chi connectivity index (χ0n) is 23.3. The number of aromatic nitrogens is 1. The lowest BCUT2D eigenvalue weighted by molar-refractivity contribution is 0.668. The van der Waals surface area contributed by atoms with Crippen molar-refractivity contribution in [2.75, 3.05) is 4.90 Å². The van der Waals surface area contributed by atoms with E-state index in [2.05, 4.69) is 107 Å². The summed E-state index contributed by atoms with van der Waals surface area (Å²) in [5.41, 5.74) is 6.74. The van der Waals surface area contributed by atoms with Gasteiger partial charge in [-0.15, -0.1) is 11.3 Å². The number of pyridine rings is 1. The molecule has 0 N–H and O–H groups in total. The number of hydrogen-bond acceptors (Lipinski definition) is 5. The molecule has 0 amide bonds. The maximum atomic E-state index is 6.19. The van der Waals surface area contributed by atoms with Crippen LogP contribution in [0.3, 0.4) is 0 Å². The normalized spacial score (nSPS) is 12.1. The van der Waals surface area contributed by atoms with Crippen molar-refractivity contribution in [3.8, 4) is 0 Å². The van der Waals surface area contributed by atoms with Gasteiger partial charge in [-0.05, 0) is 84.2 Å². The number of benzene rings is 6. The van der Waals surface area contributed by atoms with Crippen molar-refractivity contribution in [1.29, 1.82) is 0 Å². The van der Waals surface area contributed by atoms with E-state index in [1.165, 1.54) is 30.9 Å². The van der Waals surface area contributed by atoms with Crippen LogP contribution in [0, 0.1) is 0 Å². The summed E-state index contributed by atoms with van der Waals surface area (Å²) in [6.45, 7) is 0. The van der Waals surface area contributed by atoms with Gasteiger partial charge in [0.1, 0.15) is 22.3 Å². The Labute approximate surface area is 255 Å². The molecule has 4 nitrogen and oxygen atoms in total. The summed E-state index contributed by atoms with van der Waals surface area (Å²) >= 11 is 1.83. The van der Waals surface area contributed by atoms with Gasteiger partial charge in [0.15, 0.2) is 0 Å². The maximum absolute atomic E-state index is 6.19. The smallest absolute Gasteiger partial charge is 0.135 e. The quantitative estimate of drug-likeness (QED) is 0.208. The summed E-state index contributed by atoms with van der Waals surface area (Å²) in [7, 11) is 0. The second kappa shape index (κ2) is 8.93. The second-order valence-corrected chi connectivity index (χ2v) is 12.3. The lowest BCUT2D eigenvalue weighted by Crippen LogP contribution is -2.09. The summed E-state index contributed by atoms with van der Waals surface area (Å²) in [4.78, 5) is 6.82. The first-order valence-electron chi connectivity index (χ1n) is 14.6. The minimum Gasteiger partial charge on any atom is -0.456 e. The Kier molecular flexibility index (Phi) is 4.84. The van der Waals surface area contributed by atoms with Gasteiger partial charge < -0.3 is 13.7 Å². The topological polar surface area (TPSA) is 42.4 Å². The van der Waals surface area contributed by atoms with Crippen LogP contribution in [0.2, 0.25) is 0 Å². The van der Waals surface area contributed by atoms with Crippen LogP contribution >= 0.6 is 11.3 Å². The minimum atomic E-state index is 0.879. The first-order valence-corrected chi connectivity index (χ1v) is 15.4. The van der Waals surface area contributed by atoms with Crippen molar-refractivity contribution in [2.24, 2.45) is 0 Å². The van der Waals surface area contributed by atoms with Gasteiger partial charge in [-0.2, -0.15) is 0 Å². The van der Waals surface area contributed by atoms with Gasteiger partial charge in [0.05, 0.1) is 0 Å². The van der Waals surface area contributed by atoms with Gasteiger partial charge >= 0.3 is 0 Å². The first-order chi connectivity index (χ1) is 21.8. The fourth-order valence-corrected chi connectivity index (χ4v) is 7.82. The molecule has 4 aromatic heterocycles. The number of furan rings is 2. The zero-order chi connectivity index (χ0) is 28.8. The number of fused-ring (bicyclic) bond motifs is 11. The van der Waals surface area contributed by atoms with Gasteiger partial charge in [-0.25, -0.2) is 0 Å².